The standard InChI is InChI=1S/C23H16F2N8S.C13H9BrClN3.C13H9BrFN3.C9H4BrClIN.CH4/c1-31-10-14(7-27-31)13-5-19(24)22-29-30-23(33(22)12-13)34-16-3-4-20-17(6-16)21(25)18(9-26-20)15-8-28-32(2)11-15;2*1-18-7-8(5-17-18)11-6-16-12-3-2-9(14)4-10(12)13(11)15;10-5-1-2-8-6(3-5)9(11)7(12)4-13-8;/h3-12H,1-2H3;2*2-7H,1H3;1-4H;1H4. The molecular weight excluding hydrogens is 1450 g/mol. The second-order valence-corrected chi connectivity index (χ2v) is 24.2. The molecule has 0 saturated heterocycles. The molecule has 0 aliphatic carbocycles. The Bertz CT molecular complexity index is 4650. The van der Waals surface area contributed by atoms with Crippen LogP contribution in [-0.4, -0.2) is 73.7 Å². The topological polar surface area (TPSA) is 153 Å². The lowest BCUT2D eigenvalue weighted by atomic mass is 10.1. The Balaban J connectivity index is 0.000000134. The maximum atomic E-state index is 15.4. The number of hydrogen-bond acceptors (Lipinski definition) is 11. The number of rotatable bonds is 6. The fourth-order valence-corrected chi connectivity index (χ4v) is 11.6. The number of hydrogen-bond donors (Lipinski definition) is 0. The maximum Gasteiger partial charge on any atom is 0.200 e. The number of pyridine rings is 5. The van der Waals surface area contributed by atoms with E-state index in [-0.39, 0.29) is 24.7 Å². The Morgan fingerprint density at radius 2 is 0.869 bits per heavy atom. The average molecular weight is 1490 g/mol. The van der Waals surface area contributed by atoms with Crippen LogP contribution in [0.2, 0.25) is 10.0 Å². The highest BCUT2D eigenvalue weighted by molar-refractivity contribution is 14.1. The summed E-state index contributed by atoms with van der Waals surface area (Å²) in [6.45, 7) is 0. The van der Waals surface area contributed by atoms with E-state index in [0.717, 1.165) is 71.0 Å². The van der Waals surface area contributed by atoms with Gasteiger partial charge in [0.25, 0.3) is 0 Å². The lowest BCUT2D eigenvalue weighted by molar-refractivity contribution is 0.629. The molecule has 25 heteroatoms. The summed E-state index contributed by atoms with van der Waals surface area (Å²) in [5.74, 6) is -1.14. The van der Waals surface area contributed by atoms with E-state index in [9.17, 15) is 8.78 Å². The van der Waals surface area contributed by atoms with Crippen LogP contribution in [0.15, 0.2) is 183 Å². The number of halogens is 9. The van der Waals surface area contributed by atoms with Crippen molar-refractivity contribution in [2.45, 2.75) is 17.5 Å². The molecule has 0 atom stereocenters. The zero-order valence-corrected chi connectivity index (χ0v) is 52.8. The molecule has 0 unspecified atom stereocenters. The first-order valence-electron chi connectivity index (χ1n) is 24.6. The average Bonchev–Trinajstić information content (AvgIpc) is 3.94. The van der Waals surface area contributed by atoms with E-state index >= 15 is 4.39 Å². The maximum absolute atomic E-state index is 15.4. The number of aromatic nitrogens is 15. The molecule has 0 aliphatic heterocycles. The zero-order chi connectivity index (χ0) is 58.2. The summed E-state index contributed by atoms with van der Waals surface area (Å²) in [5, 5.41) is 29.3. The predicted molar refractivity (Wildman–Crippen MR) is 345 cm³/mol. The van der Waals surface area contributed by atoms with Crippen LogP contribution in [-0.2, 0) is 28.2 Å². The van der Waals surface area contributed by atoms with Crippen molar-refractivity contribution in [2.75, 3.05) is 0 Å². The lowest BCUT2D eigenvalue weighted by Gasteiger charge is -2.07. The number of nitrogens with zero attached hydrogens (tertiary/aromatic N) is 15. The minimum Gasteiger partial charge on any atom is -0.275 e. The molecule has 0 N–H and O–H groups in total. The van der Waals surface area contributed by atoms with Crippen molar-refractivity contribution in [3.63, 3.8) is 0 Å². The normalized spacial score (nSPS) is 11.1. The van der Waals surface area contributed by atoms with Crippen molar-refractivity contribution >= 4 is 155 Å². The van der Waals surface area contributed by atoms with Gasteiger partial charge in [0.15, 0.2) is 11.5 Å². The molecule has 10 heterocycles. The van der Waals surface area contributed by atoms with Gasteiger partial charge in [-0.1, -0.05) is 78.4 Å². The SMILES string of the molecule is C.Clc1c(I)cnc2ccc(Br)cc12.Cn1cc(-c2cc(F)c3nnc(Sc4ccc5ncc(-c6cnn(C)c6)c(F)c5c4)n3c2)cn1.Cn1cc(-c2cnc3ccc(Br)cc3c2Cl)cn1.Cn1cc(-c2cnc3ccc(Br)cc3c2F)cn1. The minimum atomic E-state index is -0.490. The summed E-state index contributed by atoms with van der Waals surface area (Å²) in [6, 6.07) is 23.8. The second kappa shape index (κ2) is 25.6. The Hall–Kier alpha value is -7.13. The Labute approximate surface area is 530 Å². The molecule has 0 fully saturated rings. The Morgan fingerprint density at radius 1 is 0.452 bits per heavy atom. The van der Waals surface area contributed by atoms with Gasteiger partial charge in [0.1, 0.15) is 11.6 Å². The zero-order valence-electron chi connectivity index (χ0n) is 43.5. The van der Waals surface area contributed by atoms with E-state index in [1.54, 1.807) is 137 Å². The van der Waals surface area contributed by atoms with E-state index in [1.807, 2.05) is 61.8 Å². The van der Waals surface area contributed by atoms with Gasteiger partial charge in [-0.15, -0.1) is 10.2 Å². The van der Waals surface area contributed by atoms with Gasteiger partial charge in [-0.3, -0.25) is 43.1 Å². The van der Waals surface area contributed by atoms with Gasteiger partial charge in [-0.25, -0.2) is 13.2 Å². The van der Waals surface area contributed by atoms with Crippen LogP contribution >= 0.6 is 105 Å². The van der Waals surface area contributed by atoms with Crippen LogP contribution in [0.4, 0.5) is 13.2 Å². The molecule has 4 aromatic carbocycles. The van der Waals surface area contributed by atoms with Crippen LogP contribution in [0, 0.1) is 21.0 Å². The molecule has 84 heavy (non-hydrogen) atoms. The van der Waals surface area contributed by atoms with Gasteiger partial charge in [0.05, 0.1) is 60.5 Å². The molecule has 14 rings (SSSR count). The van der Waals surface area contributed by atoms with Gasteiger partial charge in [-0.05, 0) is 113 Å². The van der Waals surface area contributed by atoms with E-state index in [2.05, 4.69) is 121 Å². The van der Waals surface area contributed by atoms with Crippen molar-refractivity contribution in [3.05, 3.63) is 204 Å². The summed E-state index contributed by atoms with van der Waals surface area (Å²) in [5.41, 5.74) is 8.60. The quantitative estimate of drug-likeness (QED) is 0.146. The largest absolute Gasteiger partial charge is 0.275 e. The third-order valence-corrected chi connectivity index (χ3v) is 17.1. The smallest absolute Gasteiger partial charge is 0.200 e. The molecule has 14 aromatic rings. The van der Waals surface area contributed by atoms with Crippen molar-refractivity contribution in [1.82, 2.24) is 73.7 Å². The number of aryl methyl sites for hydroxylation is 4. The molecular formula is C59H42Br3Cl2F3IN15S. The third-order valence-electron chi connectivity index (χ3n) is 12.7. The molecule has 15 nitrogen and oxygen atoms in total. The van der Waals surface area contributed by atoms with E-state index < -0.39 is 5.82 Å². The van der Waals surface area contributed by atoms with E-state index in [0.29, 0.717) is 54.2 Å². The van der Waals surface area contributed by atoms with Crippen LogP contribution < -0.4 is 0 Å². The van der Waals surface area contributed by atoms with Crippen LogP contribution in [0.5, 0.6) is 0 Å². The minimum absolute atomic E-state index is 0. The Kier molecular flexibility index (Phi) is 18.3. The predicted octanol–water partition coefficient (Wildman–Crippen LogP) is 17.0. The second-order valence-electron chi connectivity index (χ2n) is 18.5. The monoisotopic (exact) mass is 1480 g/mol. The summed E-state index contributed by atoms with van der Waals surface area (Å²) in [4.78, 5) is 18.1. The summed E-state index contributed by atoms with van der Waals surface area (Å²) in [7, 11) is 7.25. The first-order valence-corrected chi connectivity index (χ1v) is 29.6. The molecule has 0 radical (unpaired) electrons. The highest BCUT2D eigenvalue weighted by Gasteiger charge is 2.18. The molecule has 0 saturated carbocycles. The molecule has 0 aliphatic rings. The van der Waals surface area contributed by atoms with Crippen LogP contribution in [0.3, 0.4) is 0 Å². The highest BCUT2D eigenvalue weighted by atomic mass is 127. The van der Waals surface area contributed by atoms with Gasteiger partial charge >= 0.3 is 0 Å². The van der Waals surface area contributed by atoms with Crippen molar-refractivity contribution in [1.29, 1.82) is 0 Å². The summed E-state index contributed by atoms with van der Waals surface area (Å²) >= 11 is 26.2. The Morgan fingerprint density at radius 3 is 1.37 bits per heavy atom. The van der Waals surface area contributed by atoms with Gasteiger partial charge in [0.2, 0.25) is 5.16 Å². The molecule has 0 bridgehead atoms. The van der Waals surface area contributed by atoms with Gasteiger partial charge < -0.3 is 0 Å². The fourth-order valence-electron chi connectivity index (χ4n) is 8.70. The van der Waals surface area contributed by atoms with Crippen molar-refractivity contribution < 1.29 is 13.2 Å². The van der Waals surface area contributed by atoms with Crippen molar-refractivity contribution in [2.24, 2.45) is 28.2 Å². The highest BCUT2D eigenvalue weighted by Crippen LogP contribution is 2.37. The van der Waals surface area contributed by atoms with E-state index in [1.165, 1.54) is 24.0 Å². The number of benzene rings is 4. The van der Waals surface area contributed by atoms with Gasteiger partial charge in [-0.2, -0.15) is 20.4 Å². The van der Waals surface area contributed by atoms with Crippen LogP contribution in [0.25, 0.3) is 93.8 Å². The molecule has 422 valence electrons. The van der Waals surface area contributed by atoms with Crippen molar-refractivity contribution in [3.8, 4) is 44.5 Å². The lowest BCUT2D eigenvalue weighted by Crippen LogP contribution is -1.93. The molecule has 0 spiro atoms. The molecule has 10 aromatic heterocycles. The number of fused-ring (bicyclic) bond motifs is 5. The third kappa shape index (κ3) is 12.9. The molecule has 0 amide bonds. The first-order chi connectivity index (χ1) is 39.9. The summed E-state index contributed by atoms with van der Waals surface area (Å²) in [6.07, 6.45) is 22.3. The first kappa shape index (κ1) is 60.0. The van der Waals surface area contributed by atoms with Gasteiger partial charge in [0, 0.05) is 168 Å². The van der Waals surface area contributed by atoms with Crippen LogP contribution in [0.1, 0.15) is 7.43 Å². The fraction of sp³-hybridized carbons (Fsp3) is 0.0847. The van der Waals surface area contributed by atoms with E-state index in [4.69, 9.17) is 23.2 Å². The summed E-state index contributed by atoms with van der Waals surface area (Å²) < 4.78 is 56.6.